The van der Waals surface area contributed by atoms with Crippen LogP contribution in [-0.4, -0.2) is 18.2 Å². The molecule has 1 amide bonds. The Morgan fingerprint density at radius 1 is 1.33 bits per heavy atom. The standard InChI is InChI=1S/C13H20N2O2S/c1-6-15-12(17)9-7(2)8(11(14)18-9)10(16)13(3,4)5/h6,14H2,1-5H3,(H,15,17). The van der Waals surface area contributed by atoms with E-state index < -0.39 is 5.41 Å². The summed E-state index contributed by atoms with van der Waals surface area (Å²) in [6, 6.07) is 0. The van der Waals surface area contributed by atoms with Crippen molar-refractivity contribution >= 4 is 28.0 Å². The van der Waals surface area contributed by atoms with Crippen molar-refractivity contribution in [1.29, 1.82) is 0 Å². The van der Waals surface area contributed by atoms with Gasteiger partial charge in [0.15, 0.2) is 5.78 Å². The van der Waals surface area contributed by atoms with Crippen LogP contribution in [0.5, 0.6) is 0 Å². The molecule has 18 heavy (non-hydrogen) atoms. The van der Waals surface area contributed by atoms with Gasteiger partial charge >= 0.3 is 0 Å². The second-order valence-electron chi connectivity index (χ2n) is 5.23. The molecule has 0 saturated carbocycles. The maximum Gasteiger partial charge on any atom is 0.261 e. The molecule has 1 aromatic rings. The molecular weight excluding hydrogens is 248 g/mol. The van der Waals surface area contributed by atoms with Crippen LogP contribution < -0.4 is 11.1 Å². The lowest BCUT2D eigenvalue weighted by atomic mass is 9.85. The summed E-state index contributed by atoms with van der Waals surface area (Å²) < 4.78 is 0. The molecule has 0 fully saturated rings. The van der Waals surface area contributed by atoms with Gasteiger partial charge in [0.05, 0.1) is 15.4 Å². The van der Waals surface area contributed by atoms with Crippen LogP contribution in [0.25, 0.3) is 0 Å². The molecular formula is C13H20N2O2S. The van der Waals surface area contributed by atoms with E-state index in [-0.39, 0.29) is 11.7 Å². The molecule has 100 valence electrons. The third-order valence-electron chi connectivity index (χ3n) is 2.63. The third-order valence-corrected chi connectivity index (χ3v) is 3.75. The van der Waals surface area contributed by atoms with E-state index in [4.69, 9.17) is 5.73 Å². The van der Waals surface area contributed by atoms with Crippen molar-refractivity contribution in [2.75, 3.05) is 12.3 Å². The number of nitrogens with two attached hydrogens (primary N) is 1. The molecule has 1 rings (SSSR count). The number of carbonyl (C=O) groups excluding carboxylic acids is 2. The number of ketones is 1. The molecule has 0 atom stereocenters. The maximum absolute atomic E-state index is 12.3. The minimum absolute atomic E-state index is 0.0238. The Kier molecular flexibility index (Phi) is 4.16. The predicted octanol–water partition coefficient (Wildman–Crippen LogP) is 2.62. The van der Waals surface area contributed by atoms with E-state index in [1.165, 1.54) is 11.3 Å². The summed E-state index contributed by atoms with van der Waals surface area (Å²) in [7, 11) is 0. The topological polar surface area (TPSA) is 72.2 Å². The number of hydrogen-bond donors (Lipinski definition) is 2. The number of nitrogen functional groups attached to an aromatic ring is 1. The second kappa shape index (κ2) is 5.10. The zero-order valence-corrected chi connectivity index (χ0v) is 12.3. The SMILES string of the molecule is CCNC(=O)c1sc(N)c(C(=O)C(C)(C)C)c1C. The van der Waals surface area contributed by atoms with Crippen LogP contribution in [0.2, 0.25) is 0 Å². The van der Waals surface area contributed by atoms with Crippen LogP contribution in [0.4, 0.5) is 5.00 Å². The van der Waals surface area contributed by atoms with Gasteiger partial charge in [0.25, 0.3) is 5.91 Å². The first kappa shape index (κ1) is 14.7. The summed E-state index contributed by atoms with van der Waals surface area (Å²) in [5, 5.41) is 3.15. The normalized spacial score (nSPS) is 11.4. The molecule has 1 aromatic heterocycles. The molecule has 0 saturated heterocycles. The van der Waals surface area contributed by atoms with Gasteiger partial charge in [-0.15, -0.1) is 11.3 Å². The fourth-order valence-corrected chi connectivity index (χ4v) is 2.64. The first-order valence-electron chi connectivity index (χ1n) is 5.92. The van der Waals surface area contributed by atoms with Gasteiger partial charge in [0, 0.05) is 12.0 Å². The fraction of sp³-hybridized carbons (Fsp3) is 0.538. The van der Waals surface area contributed by atoms with Gasteiger partial charge in [-0.05, 0) is 19.4 Å². The van der Waals surface area contributed by atoms with E-state index in [0.717, 1.165) is 0 Å². The van der Waals surface area contributed by atoms with E-state index in [0.29, 0.717) is 27.5 Å². The third kappa shape index (κ3) is 2.72. The highest BCUT2D eigenvalue weighted by atomic mass is 32.1. The largest absolute Gasteiger partial charge is 0.390 e. The molecule has 0 radical (unpaired) electrons. The number of amides is 1. The second-order valence-corrected chi connectivity index (χ2v) is 6.29. The van der Waals surface area contributed by atoms with Crippen molar-refractivity contribution in [2.24, 2.45) is 5.41 Å². The Morgan fingerprint density at radius 3 is 2.33 bits per heavy atom. The van der Waals surface area contributed by atoms with Gasteiger partial charge in [0.2, 0.25) is 0 Å². The number of nitrogens with one attached hydrogen (secondary N) is 1. The first-order valence-corrected chi connectivity index (χ1v) is 6.73. The highest BCUT2D eigenvalue weighted by molar-refractivity contribution is 7.18. The summed E-state index contributed by atoms with van der Waals surface area (Å²) in [5.41, 5.74) is 6.57. The number of thiophene rings is 1. The highest BCUT2D eigenvalue weighted by Gasteiger charge is 2.30. The molecule has 0 bridgehead atoms. The number of anilines is 1. The van der Waals surface area contributed by atoms with E-state index in [1.54, 1.807) is 6.92 Å². The molecule has 0 spiro atoms. The quantitative estimate of drug-likeness (QED) is 0.828. The summed E-state index contributed by atoms with van der Waals surface area (Å²) in [5.74, 6) is -0.191. The van der Waals surface area contributed by atoms with Crippen molar-refractivity contribution in [1.82, 2.24) is 5.32 Å². The number of carbonyl (C=O) groups is 2. The predicted molar refractivity (Wildman–Crippen MR) is 75.3 cm³/mol. The Morgan fingerprint density at radius 2 is 1.89 bits per heavy atom. The molecule has 0 aromatic carbocycles. The lowest BCUT2D eigenvalue weighted by Gasteiger charge is -2.17. The highest BCUT2D eigenvalue weighted by Crippen LogP contribution is 2.35. The Labute approximate surface area is 112 Å². The first-order chi connectivity index (χ1) is 8.20. The monoisotopic (exact) mass is 268 g/mol. The van der Waals surface area contributed by atoms with Gasteiger partial charge < -0.3 is 11.1 Å². The van der Waals surface area contributed by atoms with E-state index in [2.05, 4.69) is 5.32 Å². The average Bonchev–Trinajstić information content (AvgIpc) is 2.52. The molecule has 4 nitrogen and oxygen atoms in total. The van der Waals surface area contributed by atoms with Crippen LogP contribution in [-0.2, 0) is 0 Å². The number of Topliss-reactive ketones (excluding diaryl/α,β-unsaturated/α-hetero) is 1. The van der Waals surface area contributed by atoms with E-state index in [9.17, 15) is 9.59 Å². The van der Waals surface area contributed by atoms with Gasteiger partial charge in [-0.2, -0.15) is 0 Å². The Hall–Kier alpha value is -1.36. The van der Waals surface area contributed by atoms with Crippen molar-refractivity contribution in [3.05, 3.63) is 16.0 Å². The summed E-state index contributed by atoms with van der Waals surface area (Å²) in [6.45, 7) is 9.72. The summed E-state index contributed by atoms with van der Waals surface area (Å²) in [4.78, 5) is 24.7. The molecule has 1 heterocycles. The molecule has 0 aliphatic carbocycles. The Balaban J connectivity index is 3.25. The van der Waals surface area contributed by atoms with Crippen molar-refractivity contribution in [3.63, 3.8) is 0 Å². The van der Waals surface area contributed by atoms with Gasteiger partial charge in [-0.25, -0.2) is 0 Å². The lowest BCUT2D eigenvalue weighted by Crippen LogP contribution is -2.24. The van der Waals surface area contributed by atoms with E-state index in [1.807, 2.05) is 27.7 Å². The van der Waals surface area contributed by atoms with E-state index >= 15 is 0 Å². The van der Waals surface area contributed by atoms with Crippen LogP contribution in [0.3, 0.4) is 0 Å². The van der Waals surface area contributed by atoms with Crippen molar-refractivity contribution in [2.45, 2.75) is 34.6 Å². The molecule has 0 unspecified atom stereocenters. The van der Waals surface area contributed by atoms with Crippen molar-refractivity contribution < 1.29 is 9.59 Å². The molecule has 3 N–H and O–H groups in total. The molecule has 0 aliphatic rings. The van der Waals surface area contributed by atoms with Crippen LogP contribution in [0.15, 0.2) is 0 Å². The summed E-state index contributed by atoms with van der Waals surface area (Å²) >= 11 is 1.18. The average molecular weight is 268 g/mol. The molecule has 5 heteroatoms. The van der Waals surface area contributed by atoms with Gasteiger partial charge in [0.1, 0.15) is 0 Å². The minimum Gasteiger partial charge on any atom is -0.390 e. The summed E-state index contributed by atoms with van der Waals surface area (Å²) in [6.07, 6.45) is 0. The maximum atomic E-state index is 12.3. The zero-order chi connectivity index (χ0) is 14.1. The van der Waals surface area contributed by atoms with Crippen LogP contribution in [0, 0.1) is 12.3 Å². The van der Waals surface area contributed by atoms with Crippen LogP contribution in [0.1, 0.15) is 53.3 Å². The molecule has 0 aliphatic heterocycles. The minimum atomic E-state index is -0.502. The number of rotatable bonds is 3. The van der Waals surface area contributed by atoms with Gasteiger partial charge in [-0.1, -0.05) is 20.8 Å². The number of hydrogen-bond acceptors (Lipinski definition) is 4. The van der Waals surface area contributed by atoms with Gasteiger partial charge in [-0.3, -0.25) is 9.59 Å². The van der Waals surface area contributed by atoms with Crippen LogP contribution >= 0.6 is 11.3 Å². The fourth-order valence-electron chi connectivity index (χ4n) is 1.65. The lowest BCUT2D eigenvalue weighted by molar-refractivity contribution is 0.0859. The Bertz CT molecular complexity index is 484. The van der Waals surface area contributed by atoms with Crippen molar-refractivity contribution in [3.8, 4) is 0 Å². The smallest absolute Gasteiger partial charge is 0.261 e. The zero-order valence-electron chi connectivity index (χ0n) is 11.5.